The van der Waals surface area contributed by atoms with Gasteiger partial charge in [-0.1, -0.05) is 23.7 Å². The van der Waals surface area contributed by atoms with Crippen molar-refractivity contribution < 1.29 is 19.4 Å². The van der Waals surface area contributed by atoms with Gasteiger partial charge < -0.3 is 14.6 Å². The van der Waals surface area contributed by atoms with E-state index in [1.54, 1.807) is 7.11 Å². The molecule has 0 aliphatic rings. The van der Waals surface area contributed by atoms with Crippen LogP contribution in [0.2, 0.25) is 5.02 Å². The van der Waals surface area contributed by atoms with Gasteiger partial charge in [-0.3, -0.25) is 4.79 Å². The van der Waals surface area contributed by atoms with Crippen LogP contribution in [0, 0.1) is 0 Å². The molecule has 2 aromatic carbocycles. The molecule has 2 aromatic rings. The lowest BCUT2D eigenvalue weighted by atomic mass is 10.1. The maximum absolute atomic E-state index is 11.6. The van der Waals surface area contributed by atoms with Gasteiger partial charge in [-0.25, -0.2) is 0 Å². The molecule has 0 radical (unpaired) electrons. The van der Waals surface area contributed by atoms with Gasteiger partial charge >= 0.3 is 0 Å². The van der Waals surface area contributed by atoms with Crippen LogP contribution in [0.25, 0.3) is 0 Å². The van der Waals surface area contributed by atoms with E-state index in [-0.39, 0.29) is 34.5 Å². The third-order valence-electron chi connectivity index (χ3n) is 2.98. The number of aromatic hydroxyl groups is 1. The minimum absolute atomic E-state index is 0.0935. The molecule has 0 amide bonds. The maximum Gasteiger partial charge on any atom is 0.167 e. The Kier molecular flexibility index (Phi) is 4.70. The predicted molar refractivity (Wildman–Crippen MR) is 80.4 cm³/mol. The molecule has 2 rings (SSSR count). The van der Waals surface area contributed by atoms with E-state index < -0.39 is 0 Å². The number of benzene rings is 2. The van der Waals surface area contributed by atoms with Gasteiger partial charge in [0.15, 0.2) is 11.5 Å². The van der Waals surface area contributed by atoms with Crippen molar-refractivity contribution in [1.82, 2.24) is 0 Å². The second-order valence-corrected chi connectivity index (χ2v) is 4.87. The quantitative estimate of drug-likeness (QED) is 0.853. The molecule has 0 unspecified atom stereocenters. The zero-order chi connectivity index (χ0) is 15.4. The van der Waals surface area contributed by atoms with Crippen molar-refractivity contribution in [3.05, 3.63) is 52.5 Å². The van der Waals surface area contributed by atoms with Gasteiger partial charge in [0.05, 0.1) is 12.1 Å². The van der Waals surface area contributed by atoms with Crippen LogP contribution in [0.4, 0.5) is 0 Å². The van der Waals surface area contributed by atoms with Crippen molar-refractivity contribution >= 4 is 17.4 Å². The zero-order valence-corrected chi connectivity index (χ0v) is 12.5. The van der Waals surface area contributed by atoms with Crippen LogP contribution in [0.15, 0.2) is 36.4 Å². The highest BCUT2D eigenvalue weighted by atomic mass is 35.5. The Hall–Kier alpha value is -2.20. The van der Waals surface area contributed by atoms with Crippen molar-refractivity contribution in [2.45, 2.75) is 13.5 Å². The minimum Gasteiger partial charge on any atom is -0.507 e. The summed E-state index contributed by atoms with van der Waals surface area (Å²) < 4.78 is 10.7. The molecule has 0 heterocycles. The number of methoxy groups -OCH3 is 1. The predicted octanol–water partition coefficient (Wildman–Crippen LogP) is 3.84. The lowest BCUT2D eigenvalue weighted by Crippen LogP contribution is -2.03. The van der Waals surface area contributed by atoms with Gasteiger partial charge in [0.1, 0.15) is 23.7 Å². The third-order valence-corrected chi connectivity index (χ3v) is 3.28. The Balaban J connectivity index is 2.23. The summed E-state index contributed by atoms with van der Waals surface area (Å²) in [6.45, 7) is 1.58. The van der Waals surface area contributed by atoms with E-state index in [4.69, 9.17) is 21.1 Å². The number of ether oxygens (including phenoxy) is 2. The molecule has 0 aliphatic heterocycles. The molecule has 0 fully saturated rings. The fourth-order valence-electron chi connectivity index (χ4n) is 1.91. The minimum atomic E-state index is -0.306. The maximum atomic E-state index is 11.6. The number of rotatable bonds is 5. The first-order valence-corrected chi connectivity index (χ1v) is 6.69. The fourth-order valence-corrected chi connectivity index (χ4v) is 2.12. The number of carbonyl (C=O) groups excluding carboxylic acids is 1. The lowest BCUT2D eigenvalue weighted by molar-refractivity contribution is 0.101. The summed E-state index contributed by atoms with van der Waals surface area (Å²) in [5.41, 5.74) is 0.987. The summed E-state index contributed by atoms with van der Waals surface area (Å²) in [7, 11) is 1.59. The molecule has 0 saturated carbocycles. The summed E-state index contributed by atoms with van der Waals surface area (Å²) in [6.07, 6.45) is 0. The molecule has 110 valence electrons. The summed E-state index contributed by atoms with van der Waals surface area (Å²) in [5.74, 6) is 0.495. The molecule has 0 saturated heterocycles. The smallest absolute Gasteiger partial charge is 0.167 e. The van der Waals surface area contributed by atoms with E-state index in [9.17, 15) is 9.90 Å². The van der Waals surface area contributed by atoms with Crippen LogP contribution >= 0.6 is 11.6 Å². The average molecular weight is 307 g/mol. The number of carbonyl (C=O) groups is 1. The Bertz CT molecular complexity index is 650. The zero-order valence-electron chi connectivity index (χ0n) is 11.7. The van der Waals surface area contributed by atoms with Crippen molar-refractivity contribution in [2.75, 3.05) is 7.11 Å². The number of hydrogen-bond donors (Lipinski definition) is 1. The topological polar surface area (TPSA) is 55.8 Å². The van der Waals surface area contributed by atoms with E-state index in [0.29, 0.717) is 0 Å². The second kappa shape index (κ2) is 6.50. The number of phenolic OH excluding ortho intramolecular Hbond substituents is 1. The van der Waals surface area contributed by atoms with E-state index in [1.807, 2.05) is 24.3 Å². The van der Waals surface area contributed by atoms with Gasteiger partial charge in [-0.05, 0) is 36.8 Å². The molecule has 5 heteroatoms. The molecule has 0 spiro atoms. The first kappa shape index (κ1) is 15.2. The Morgan fingerprint density at radius 3 is 2.43 bits per heavy atom. The molecule has 0 bridgehead atoms. The largest absolute Gasteiger partial charge is 0.507 e. The Labute approximate surface area is 127 Å². The molecule has 21 heavy (non-hydrogen) atoms. The fraction of sp³-hybridized carbons (Fsp3) is 0.188. The van der Waals surface area contributed by atoms with Crippen LogP contribution < -0.4 is 9.47 Å². The van der Waals surface area contributed by atoms with E-state index in [0.717, 1.165) is 11.3 Å². The summed E-state index contributed by atoms with van der Waals surface area (Å²) in [6, 6.07) is 10.2. The monoisotopic (exact) mass is 306 g/mol. The first-order chi connectivity index (χ1) is 10.0. The summed E-state index contributed by atoms with van der Waals surface area (Å²) in [5, 5.41) is 10.1. The van der Waals surface area contributed by atoms with E-state index in [1.165, 1.54) is 19.1 Å². The normalized spacial score (nSPS) is 10.2. The summed E-state index contributed by atoms with van der Waals surface area (Å²) in [4.78, 5) is 11.6. The van der Waals surface area contributed by atoms with Gasteiger partial charge in [0.2, 0.25) is 0 Å². The third kappa shape index (κ3) is 3.47. The van der Waals surface area contributed by atoms with Gasteiger partial charge in [-0.2, -0.15) is 0 Å². The first-order valence-electron chi connectivity index (χ1n) is 6.31. The number of hydrogen-bond acceptors (Lipinski definition) is 4. The highest BCUT2D eigenvalue weighted by Gasteiger charge is 2.17. The average Bonchev–Trinajstić information content (AvgIpc) is 2.48. The molecule has 0 aliphatic carbocycles. The van der Waals surface area contributed by atoms with Gasteiger partial charge in [0.25, 0.3) is 0 Å². The highest BCUT2D eigenvalue weighted by molar-refractivity contribution is 6.32. The standard InChI is InChI=1S/C16H15ClO4/c1-10(18)15-14(19)8-7-13(17)16(15)21-9-11-3-5-12(20-2)6-4-11/h3-8,19H,9H2,1-2H3. The number of Topliss-reactive ketones (excluding diaryl/α,β-unsaturated/α-hetero) is 1. The van der Waals surface area contributed by atoms with E-state index >= 15 is 0 Å². The molecule has 4 nitrogen and oxygen atoms in total. The SMILES string of the molecule is COc1ccc(COc2c(Cl)ccc(O)c2C(C)=O)cc1. The van der Waals surface area contributed by atoms with Crippen molar-refractivity contribution in [2.24, 2.45) is 0 Å². The lowest BCUT2D eigenvalue weighted by Gasteiger charge is -2.13. The Morgan fingerprint density at radius 1 is 1.19 bits per heavy atom. The molecule has 0 atom stereocenters. The number of phenols is 1. The van der Waals surface area contributed by atoms with Crippen molar-refractivity contribution in [1.29, 1.82) is 0 Å². The summed E-state index contributed by atoms with van der Waals surface area (Å²) >= 11 is 6.05. The van der Waals surface area contributed by atoms with Crippen molar-refractivity contribution in [3.63, 3.8) is 0 Å². The van der Waals surface area contributed by atoms with Crippen LogP contribution in [0.3, 0.4) is 0 Å². The number of ketones is 1. The number of halogens is 1. The molecule has 0 aromatic heterocycles. The second-order valence-electron chi connectivity index (χ2n) is 4.46. The van der Waals surface area contributed by atoms with Crippen LogP contribution in [0.1, 0.15) is 22.8 Å². The molecule has 1 N–H and O–H groups in total. The van der Waals surface area contributed by atoms with Gasteiger partial charge in [-0.15, -0.1) is 0 Å². The molecular formula is C16H15ClO4. The van der Waals surface area contributed by atoms with Crippen LogP contribution in [0.5, 0.6) is 17.2 Å². The Morgan fingerprint density at radius 2 is 1.86 bits per heavy atom. The van der Waals surface area contributed by atoms with Crippen LogP contribution in [-0.4, -0.2) is 18.0 Å². The van der Waals surface area contributed by atoms with Crippen LogP contribution in [-0.2, 0) is 6.61 Å². The van der Waals surface area contributed by atoms with Gasteiger partial charge in [0, 0.05) is 0 Å². The highest BCUT2D eigenvalue weighted by Crippen LogP contribution is 2.35. The van der Waals surface area contributed by atoms with Crippen molar-refractivity contribution in [3.8, 4) is 17.2 Å². The van der Waals surface area contributed by atoms with E-state index in [2.05, 4.69) is 0 Å². The molecular weight excluding hydrogens is 292 g/mol.